The third-order valence-electron chi connectivity index (χ3n) is 2.80. The average Bonchev–Trinajstić information content (AvgIpc) is 2.30. The quantitative estimate of drug-likeness (QED) is 0.455. The molecule has 8 heteroatoms. The Kier molecular flexibility index (Phi) is 3.56. The Morgan fingerprint density at radius 1 is 1.32 bits per heavy atom. The highest BCUT2D eigenvalue weighted by Gasteiger charge is 2.27. The molecule has 0 saturated carbocycles. The molecule has 1 aromatic rings. The Morgan fingerprint density at radius 3 is 2.53 bits per heavy atom. The van der Waals surface area contributed by atoms with Crippen molar-refractivity contribution in [3.8, 4) is 0 Å². The average molecular weight is 268 g/mol. The topological polar surface area (TPSA) is 111 Å². The molecule has 1 aliphatic rings. The molecule has 2 unspecified atom stereocenters. The van der Waals surface area contributed by atoms with Crippen LogP contribution in [0.5, 0.6) is 0 Å². The number of anilines is 2. The molecule has 0 aromatic heterocycles. The van der Waals surface area contributed by atoms with Crippen molar-refractivity contribution in [2.45, 2.75) is 19.0 Å². The van der Waals surface area contributed by atoms with E-state index in [1.165, 1.54) is 12.1 Å². The highest BCUT2D eigenvalue weighted by atomic mass is 16.6. The molecule has 4 N–H and O–H groups in total. The monoisotopic (exact) mass is 268 g/mol. The van der Waals surface area contributed by atoms with E-state index in [4.69, 9.17) is 0 Å². The van der Waals surface area contributed by atoms with Gasteiger partial charge in [-0.25, -0.2) is 0 Å². The van der Waals surface area contributed by atoms with Gasteiger partial charge in [0.1, 0.15) is 0 Å². The van der Waals surface area contributed by atoms with Crippen molar-refractivity contribution in [3.63, 3.8) is 0 Å². The highest BCUT2D eigenvalue weighted by molar-refractivity contribution is 5.77. The lowest BCUT2D eigenvalue weighted by Gasteiger charge is -2.31. The lowest BCUT2D eigenvalue weighted by molar-refractivity contribution is -0.384. The van der Waals surface area contributed by atoms with Crippen LogP contribution in [0.1, 0.15) is 5.56 Å². The molecular formula is C11H16N4O4. The number of rotatable bonds is 3. The smallest absolute Gasteiger partial charge is 0.271 e. The van der Waals surface area contributed by atoms with Gasteiger partial charge in [0.2, 0.25) is 0 Å². The fraction of sp³-hybridized carbons (Fsp3) is 0.455. The normalized spacial score (nSPS) is 21.5. The molecule has 0 amide bonds. The second kappa shape index (κ2) is 5.00. The van der Waals surface area contributed by atoms with Crippen LogP contribution in [0.15, 0.2) is 12.1 Å². The van der Waals surface area contributed by atoms with E-state index in [9.17, 15) is 20.3 Å². The van der Waals surface area contributed by atoms with Crippen LogP contribution >= 0.6 is 0 Å². The van der Waals surface area contributed by atoms with Crippen LogP contribution in [0.25, 0.3) is 0 Å². The molecule has 0 bridgehead atoms. The number of non-ortho nitro benzene ring substituents is 1. The van der Waals surface area contributed by atoms with Crippen molar-refractivity contribution in [2.75, 3.05) is 24.7 Å². The third-order valence-corrected chi connectivity index (χ3v) is 2.80. The SMILES string of the molecule is CN(C)Cc1cc([N+](=O)[O-])cc2c1NC(O)C(O)N2. The number of aliphatic hydroxyl groups excluding tert-OH is 2. The van der Waals surface area contributed by atoms with Gasteiger partial charge in [-0.2, -0.15) is 0 Å². The number of aliphatic hydroxyl groups is 2. The van der Waals surface area contributed by atoms with Gasteiger partial charge in [0, 0.05) is 18.7 Å². The Morgan fingerprint density at radius 2 is 1.95 bits per heavy atom. The predicted octanol–water partition coefficient (Wildman–Crippen LogP) is 0.131. The summed E-state index contributed by atoms with van der Waals surface area (Å²) in [6.07, 6.45) is -2.36. The number of hydrogen-bond donors (Lipinski definition) is 4. The zero-order valence-electron chi connectivity index (χ0n) is 10.6. The van der Waals surface area contributed by atoms with E-state index in [-0.39, 0.29) is 5.69 Å². The zero-order chi connectivity index (χ0) is 14.2. The second-order valence-corrected chi connectivity index (χ2v) is 4.70. The van der Waals surface area contributed by atoms with Crippen LogP contribution in [-0.2, 0) is 6.54 Å². The van der Waals surface area contributed by atoms with Gasteiger partial charge >= 0.3 is 0 Å². The molecule has 8 nitrogen and oxygen atoms in total. The molecule has 2 atom stereocenters. The maximum atomic E-state index is 10.9. The van der Waals surface area contributed by atoms with Crippen molar-refractivity contribution >= 4 is 17.1 Å². The van der Waals surface area contributed by atoms with Gasteiger partial charge in [-0.3, -0.25) is 10.1 Å². The number of hydrogen-bond acceptors (Lipinski definition) is 7. The van der Waals surface area contributed by atoms with E-state index >= 15 is 0 Å². The molecule has 0 radical (unpaired) electrons. The maximum Gasteiger partial charge on any atom is 0.271 e. The Hall–Kier alpha value is -1.90. The van der Waals surface area contributed by atoms with Crippen LogP contribution in [-0.4, -0.2) is 46.6 Å². The van der Waals surface area contributed by atoms with E-state index in [0.29, 0.717) is 23.5 Å². The minimum atomic E-state index is -1.21. The first-order chi connectivity index (χ1) is 8.88. The van der Waals surface area contributed by atoms with Crippen LogP contribution < -0.4 is 10.6 Å². The molecular weight excluding hydrogens is 252 g/mol. The predicted molar refractivity (Wildman–Crippen MR) is 69.7 cm³/mol. The summed E-state index contributed by atoms with van der Waals surface area (Å²) in [7, 11) is 3.68. The van der Waals surface area contributed by atoms with Crippen LogP contribution in [0.2, 0.25) is 0 Å². The van der Waals surface area contributed by atoms with Gasteiger partial charge < -0.3 is 25.7 Å². The summed E-state index contributed by atoms with van der Waals surface area (Å²) in [6, 6.07) is 2.79. The summed E-state index contributed by atoms with van der Waals surface area (Å²) in [5.41, 5.74) is 1.59. The Bertz CT molecular complexity index is 506. The first-order valence-electron chi connectivity index (χ1n) is 5.73. The van der Waals surface area contributed by atoms with Gasteiger partial charge in [-0.05, 0) is 19.7 Å². The van der Waals surface area contributed by atoms with Crippen molar-refractivity contribution in [2.24, 2.45) is 0 Å². The summed E-state index contributed by atoms with van der Waals surface area (Å²) >= 11 is 0. The molecule has 19 heavy (non-hydrogen) atoms. The first kappa shape index (κ1) is 13.5. The minimum Gasteiger partial charge on any atom is -0.369 e. The molecule has 1 aromatic carbocycles. The fourth-order valence-corrected chi connectivity index (χ4v) is 2.01. The Labute approximate surface area is 109 Å². The van der Waals surface area contributed by atoms with Gasteiger partial charge in [-0.1, -0.05) is 0 Å². The third kappa shape index (κ3) is 2.75. The molecule has 2 rings (SSSR count). The summed E-state index contributed by atoms with van der Waals surface area (Å²) < 4.78 is 0. The number of nitro benzene ring substituents is 1. The summed E-state index contributed by atoms with van der Waals surface area (Å²) in [4.78, 5) is 12.3. The molecule has 0 aliphatic carbocycles. The number of nitrogens with zero attached hydrogens (tertiary/aromatic N) is 2. The van der Waals surface area contributed by atoms with Crippen LogP contribution in [0.3, 0.4) is 0 Å². The van der Waals surface area contributed by atoms with Crippen LogP contribution in [0.4, 0.5) is 17.1 Å². The number of nitrogens with one attached hydrogen (secondary N) is 2. The molecule has 0 spiro atoms. The minimum absolute atomic E-state index is 0.0616. The summed E-state index contributed by atoms with van der Waals surface area (Å²) in [5, 5.41) is 35.4. The van der Waals surface area contributed by atoms with Gasteiger partial charge in [0.15, 0.2) is 12.5 Å². The maximum absolute atomic E-state index is 10.9. The number of benzene rings is 1. The summed E-state index contributed by atoms with van der Waals surface area (Å²) in [5.74, 6) is 0. The van der Waals surface area contributed by atoms with Crippen LogP contribution in [0, 0.1) is 10.1 Å². The number of fused-ring (bicyclic) bond motifs is 1. The van der Waals surface area contributed by atoms with Gasteiger partial charge in [-0.15, -0.1) is 0 Å². The van der Waals surface area contributed by atoms with Crippen molar-refractivity contribution < 1.29 is 15.1 Å². The van der Waals surface area contributed by atoms with E-state index in [1.807, 2.05) is 19.0 Å². The largest absolute Gasteiger partial charge is 0.369 e. The highest BCUT2D eigenvalue weighted by Crippen LogP contribution is 2.35. The van der Waals surface area contributed by atoms with Crippen molar-refractivity contribution in [1.29, 1.82) is 0 Å². The van der Waals surface area contributed by atoms with E-state index in [1.54, 1.807) is 0 Å². The fourth-order valence-electron chi connectivity index (χ4n) is 2.01. The zero-order valence-corrected chi connectivity index (χ0v) is 10.6. The van der Waals surface area contributed by atoms with Gasteiger partial charge in [0.05, 0.1) is 16.3 Å². The molecule has 0 saturated heterocycles. The lowest BCUT2D eigenvalue weighted by Crippen LogP contribution is -2.43. The van der Waals surface area contributed by atoms with E-state index in [2.05, 4.69) is 10.6 Å². The van der Waals surface area contributed by atoms with E-state index < -0.39 is 17.4 Å². The van der Waals surface area contributed by atoms with E-state index in [0.717, 1.165) is 0 Å². The summed E-state index contributed by atoms with van der Waals surface area (Å²) in [6.45, 7) is 0.474. The molecule has 1 aliphatic heterocycles. The Balaban J connectivity index is 2.49. The first-order valence-corrected chi connectivity index (χ1v) is 5.73. The molecule has 1 heterocycles. The second-order valence-electron chi connectivity index (χ2n) is 4.70. The van der Waals surface area contributed by atoms with Crippen molar-refractivity contribution in [3.05, 3.63) is 27.8 Å². The lowest BCUT2D eigenvalue weighted by atomic mass is 10.1. The molecule has 104 valence electrons. The van der Waals surface area contributed by atoms with Crippen molar-refractivity contribution in [1.82, 2.24) is 4.90 Å². The van der Waals surface area contributed by atoms with Gasteiger partial charge in [0.25, 0.3) is 5.69 Å². The molecule has 0 fully saturated rings. The number of nitro groups is 1. The standard InChI is InChI=1S/C11H16N4O4/c1-14(2)5-6-3-7(15(18)19)4-8-9(6)13-11(17)10(16)12-8/h3-4,10-13,16-17H,5H2,1-2H3.